The van der Waals surface area contributed by atoms with Crippen molar-refractivity contribution >= 4 is 28.6 Å². The van der Waals surface area contributed by atoms with Crippen LogP contribution >= 0.6 is 11.8 Å². The van der Waals surface area contributed by atoms with Crippen molar-refractivity contribution < 1.29 is 9.21 Å². The monoisotopic (exact) mass is 298 g/mol. The summed E-state index contributed by atoms with van der Waals surface area (Å²) in [6, 6.07) is 11.9. The summed E-state index contributed by atoms with van der Waals surface area (Å²) in [6.45, 7) is 0.517. The maximum Gasteiger partial charge on any atom is 0.234 e. The minimum absolute atomic E-state index is 0.0405. The lowest BCUT2D eigenvalue weighted by Crippen LogP contribution is -2.27. The third-order valence-electron chi connectivity index (χ3n) is 3.76. The van der Waals surface area contributed by atoms with E-state index < -0.39 is 0 Å². The first-order valence-electron chi connectivity index (χ1n) is 6.82. The Bertz CT molecular complexity index is 779. The molecule has 1 unspecified atom stereocenters. The molecular formula is C16H14N2O2S. The van der Waals surface area contributed by atoms with Crippen LogP contribution in [0.15, 0.2) is 53.3 Å². The number of amides is 1. The molecule has 21 heavy (non-hydrogen) atoms. The Labute approximate surface area is 126 Å². The summed E-state index contributed by atoms with van der Waals surface area (Å²) in [4.78, 5) is 17.4. The van der Waals surface area contributed by atoms with Gasteiger partial charge in [-0.3, -0.25) is 4.79 Å². The standard InChI is InChI=1S/C16H14N2O2S/c19-15-10-21-16(18(15)9-11-4-3-7-20-11)13-8-17-14-6-2-1-5-12(13)14/h1-8,16-17H,9-10H2. The molecule has 1 aromatic carbocycles. The van der Waals surface area contributed by atoms with Crippen molar-refractivity contribution in [2.24, 2.45) is 0 Å². The van der Waals surface area contributed by atoms with Crippen LogP contribution in [-0.4, -0.2) is 21.5 Å². The zero-order chi connectivity index (χ0) is 14.2. The number of benzene rings is 1. The summed E-state index contributed by atoms with van der Waals surface area (Å²) in [5.74, 6) is 1.49. The number of aromatic nitrogens is 1. The SMILES string of the molecule is O=C1CSC(c2c[nH]c3ccccc23)N1Cc1ccco1. The van der Waals surface area contributed by atoms with Crippen LogP contribution in [0.2, 0.25) is 0 Å². The molecule has 0 aliphatic carbocycles. The van der Waals surface area contributed by atoms with Crippen LogP contribution in [0, 0.1) is 0 Å². The van der Waals surface area contributed by atoms with E-state index in [0.29, 0.717) is 12.3 Å². The molecule has 2 aromatic heterocycles. The number of fused-ring (bicyclic) bond motifs is 1. The number of H-pyrrole nitrogens is 1. The lowest BCUT2D eigenvalue weighted by molar-refractivity contribution is -0.128. The van der Waals surface area contributed by atoms with Crippen molar-refractivity contribution in [3.63, 3.8) is 0 Å². The molecule has 1 atom stereocenters. The summed E-state index contributed by atoms with van der Waals surface area (Å²) < 4.78 is 5.39. The van der Waals surface area contributed by atoms with Crippen molar-refractivity contribution in [1.29, 1.82) is 0 Å². The smallest absolute Gasteiger partial charge is 0.234 e. The number of nitrogens with zero attached hydrogens (tertiary/aromatic N) is 1. The second kappa shape index (κ2) is 5.00. The van der Waals surface area contributed by atoms with E-state index in [1.54, 1.807) is 18.0 Å². The van der Waals surface area contributed by atoms with Gasteiger partial charge in [-0.15, -0.1) is 11.8 Å². The van der Waals surface area contributed by atoms with E-state index in [-0.39, 0.29) is 11.3 Å². The fourth-order valence-electron chi connectivity index (χ4n) is 2.75. The van der Waals surface area contributed by atoms with Crippen LogP contribution in [0.25, 0.3) is 10.9 Å². The quantitative estimate of drug-likeness (QED) is 0.804. The Morgan fingerprint density at radius 3 is 3.05 bits per heavy atom. The van der Waals surface area contributed by atoms with Crippen molar-refractivity contribution in [2.45, 2.75) is 11.9 Å². The number of rotatable bonds is 3. The number of furan rings is 1. The number of hydrogen-bond acceptors (Lipinski definition) is 3. The maximum atomic E-state index is 12.2. The molecule has 1 saturated heterocycles. The number of carbonyl (C=O) groups is 1. The largest absolute Gasteiger partial charge is 0.467 e. The minimum atomic E-state index is 0.0405. The van der Waals surface area contributed by atoms with Crippen LogP contribution in [0.1, 0.15) is 16.7 Å². The predicted octanol–water partition coefficient (Wildman–Crippen LogP) is 3.54. The van der Waals surface area contributed by atoms with E-state index in [4.69, 9.17) is 4.42 Å². The number of para-hydroxylation sites is 1. The molecule has 3 aromatic rings. The Morgan fingerprint density at radius 2 is 2.19 bits per heavy atom. The molecule has 1 N–H and O–H groups in total. The van der Waals surface area contributed by atoms with Crippen LogP contribution in [0.4, 0.5) is 0 Å². The molecule has 4 nitrogen and oxygen atoms in total. The van der Waals surface area contributed by atoms with Crippen molar-refractivity contribution in [1.82, 2.24) is 9.88 Å². The molecule has 4 rings (SSSR count). The predicted molar refractivity (Wildman–Crippen MR) is 82.8 cm³/mol. The van der Waals surface area contributed by atoms with Crippen LogP contribution in [0.3, 0.4) is 0 Å². The number of nitrogens with one attached hydrogen (secondary N) is 1. The highest BCUT2D eigenvalue weighted by atomic mass is 32.2. The molecule has 1 aliphatic rings. The first-order chi connectivity index (χ1) is 10.3. The first kappa shape index (κ1) is 12.6. The van der Waals surface area contributed by atoms with Crippen molar-refractivity contribution in [2.75, 3.05) is 5.75 Å². The van der Waals surface area contributed by atoms with Gasteiger partial charge in [0.1, 0.15) is 11.1 Å². The topological polar surface area (TPSA) is 49.2 Å². The fraction of sp³-hybridized carbons (Fsp3) is 0.188. The molecule has 5 heteroatoms. The van der Waals surface area contributed by atoms with Gasteiger partial charge in [0.15, 0.2) is 0 Å². The zero-order valence-corrected chi connectivity index (χ0v) is 12.1. The molecule has 1 aliphatic heterocycles. The Morgan fingerprint density at radius 1 is 1.29 bits per heavy atom. The third-order valence-corrected chi connectivity index (χ3v) is 5.00. The first-order valence-corrected chi connectivity index (χ1v) is 7.87. The highest BCUT2D eigenvalue weighted by Gasteiger charge is 2.34. The second-order valence-corrected chi connectivity index (χ2v) is 6.12. The van der Waals surface area contributed by atoms with Crippen LogP contribution in [-0.2, 0) is 11.3 Å². The molecule has 1 fully saturated rings. The number of thioether (sulfide) groups is 1. The van der Waals surface area contributed by atoms with Gasteiger partial charge in [0.2, 0.25) is 5.91 Å². The Kier molecular flexibility index (Phi) is 3.00. The molecule has 1 amide bonds. The summed E-state index contributed by atoms with van der Waals surface area (Å²) in [7, 11) is 0. The van der Waals surface area contributed by atoms with Gasteiger partial charge < -0.3 is 14.3 Å². The van der Waals surface area contributed by atoms with Gasteiger partial charge in [-0.1, -0.05) is 18.2 Å². The van der Waals surface area contributed by atoms with E-state index in [0.717, 1.165) is 16.8 Å². The van der Waals surface area contributed by atoms with Gasteiger partial charge in [0.25, 0.3) is 0 Å². The average molecular weight is 298 g/mol. The van der Waals surface area contributed by atoms with Crippen LogP contribution in [0.5, 0.6) is 0 Å². The lowest BCUT2D eigenvalue weighted by atomic mass is 10.1. The number of hydrogen-bond donors (Lipinski definition) is 1. The second-order valence-electron chi connectivity index (χ2n) is 5.05. The highest BCUT2D eigenvalue weighted by Crippen LogP contribution is 2.42. The molecule has 0 spiro atoms. The van der Waals surface area contributed by atoms with Gasteiger partial charge in [0, 0.05) is 22.7 Å². The number of carbonyl (C=O) groups excluding carboxylic acids is 1. The maximum absolute atomic E-state index is 12.2. The van der Waals surface area contributed by atoms with E-state index in [1.807, 2.05) is 35.4 Å². The summed E-state index contributed by atoms with van der Waals surface area (Å²) in [5, 5.41) is 1.22. The molecule has 0 saturated carbocycles. The van der Waals surface area contributed by atoms with Gasteiger partial charge in [-0.25, -0.2) is 0 Å². The fourth-order valence-corrected chi connectivity index (χ4v) is 3.96. The van der Waals surface area contributed by atoms with E-state index in [1.165, 1.54) is 5.39 Å². The highest BCUT2D eigenvalue weighted by molar-refractivity contribution is 8.00. The molecule has 0 radical (unpaired) electrons. The summed E-state index contributed by atoms with van der Waals surface area (Å²) in [5.41, 5.74) is 2.26. The van der Waals surface area contributed by atoms with E-state index in [9.17, 15) is 4.79 Å². The molecular weight excluding hydrogens is 284 g/mol. The van der Waals surface area contributed by atoms with Gasteiger partial charge >= 0.3 is 0 Å². The van der Waals surface area contributed by atoms with E-state index in [2.05, 4.69) is 17.1 Å². The molecule has 0 bridgehead atoms. The van der Waals surface area contributed by atoms with Gasteiger partial charge in [-0.2, -0.15) is 0 Å². The van der Waals surface area contributed by atoms with Crippen LogP contribution < -0.4 is 0 Å². The van der Waals surface area contributed by atoms with Crippen molar-refractivity contribution in [3.05, 3.63) is 60.2 Å². The van der Waals surface area contributed by atoms with Gasteiger partial charge in [-0.05, 0) is 18.2 Å². The third kappa shape index (κ3) is 2.14. The summed E-state index contributed by atoms with van der Waals surface area (Å²) in [6.07, 6.45) is 3.65. The Balaban J connectivity index is 1.71. The average Bonchev–Trinajstić information content (AvgIpc) is 3.21. The van der Waals surface area contributed by atoms with E-state index >= 15 is 0 Å². The minimum Gasteiger partial charge on any atom is -0.467 e. The normalized spacial score (nSPS) is 18.8. The zero-order valence-electron chi connectivity index (χ0n) is 11.3. The van der Waals surface area contributed by atoms with Gasteiger partial charge in [0.05, 0.1) is 18.6 Å². The molecule has 3 heterocycles. The molecule has 106 valence electrons. The lowest BCUT2D eigenvalue weighted by Gasteiger charge is -2.22. The Hall–Kier alpha value is -2.14. The summed E-state index contributed by atoms with van der Waals surface area (Å²) >= 11 is 1.67. The van der Waals surface area contributed by atoms with Crippen molar-refractivity contribution in [3.8, 4) is 0 Å². The number of aromatic amines is 1.